The molecule has 2 nitrogen and oxygen atoms in total. The maximum atomic E-state index is 5.92. The van der Waals surface area contributed by atoms with Gasteiger partial charge < -0.3 is 11.1 Å². The predicted molar refractivity (Wildman–Crippen MR) is 68.6 cm³/mol. The van der Waals surface area contributed by atoms with E-state index in [2.05, 4.69) is 36.5 Å². The van der Waals surface area contributed by atoms with Crippen molar-refractivity contribution in [1.29, 1.82) is 0 Å². The molecular weight excluding hydrogens is 196 g/mol. The Kier molecular flexibility index (Phi) is 3.97. The fourth-order valence-electron chi connectivity index (χ4n) is 2.80. The average Bonchev–Trinajstić information content (AvgIpc) is 2.54. The van der Waals surface area contributed by atoms with Crippen LogP contribution >= 0.6 is 0 Å². The van der Waals surface area contributed by atoms with Crippen LogP contribution in [0.25, 0.3) is 0 Å². The van der Waals surface area contributed by atoms with Gasteiger partial charge in [0.15, 0.2) is 0 Å². The van der Waals surface area contributed by atoms with Crippen LogP contribution in [0.3, 0.4) is 0 Å². The molecule has 1 saturated heterocycles. The van der Waals surface area contributed by atoms with E-state index in [1.54, 1.807) is 0 Å². The van der Waals surface area contributed by atoms with E-state index in [1.807, 2.05) is 0 Å². The van der Waals surface area contributed by atoms with Crippen LogP contribution in [0.1, 0.15) is 29.9 Å². The Morgan fingerprint density at radius 2 is 2.00 bits per heavy atom. The minimum Gasteiger partial charge on any atom is -0.330 e. The summed E-state index contributed by atoms with van der Waals surface area (Å²) in [7, 11) is 0. The number of hydrogen-bond acceptors (Lipinski definition) is 2. The van der Waals surface area contributed by atoms with E-state index in [4.69, 9.17) is 5.73 Å². The molecule has 2 rings (SSSR count). The third-order valence-corrected chi connectivity index (χ3v) is 3.78. The van der Waals surface area contributed by atoms with E-state index < -0.39 is 0 Å². The van der Waals surface area contributed by atoms with E-state index in [9.17, 15) is 0 Å². The molecule has 0 saturated carbocycles. The zero-order valence-corrected chi connectivity index (χ0v) is 10.1. The standard InChI is InChI=1S/C14H22N2/c1-11-4-2-3-5-13(11)14-7-9-16-8-6-12(14)10-15/h2-5,12,14,16H,6-10,15H2,1H3. The third kappa shape index (κ3) is 2.45. The van der Waals surface area contributed by atoms with Crippen LogP contribution in [0, 0.1) is 12.8 Å². The molecule has 0 spiro atoms. The summed E-state index contributed by atoms with van der Waals surface area (Å²) in [5.74, 6) is 1.28. The maximum Gasteiger partial charge on any atom is -0.00425 e. The van der Waals surface area contributed by atoms with E-state index in [0.29, 0.717) is 11.8 Å². The lowest BCUT2D eigenvalue weighted by molar-refractivity contribution is 0.418. The van der Waals surface area contributed by atoms with Gasteiger partial charge in [0.2, 0.25) is 0 Å². The molecule has 2 atom stereocenters. The second-order valence-corrected chi connectivity index (χ2v) is 4.79. The summed E-state index contributed by atoms with van der Waals surface area (Å²) in [6.45, 7) is 5.25. The molecule has 1 aromatic rings. The monoisotopic (exact) mass is 218 g/mol. The van der Waals surface area contributed by atoms with Crippen LogP contribution in [0.4, 0.5) is 0 Å². The van der Waals surface area contributed by atoms with Crippen LogP contribution in [0.5, 0.6) is 0 Å². The Labute approximate surface area is 98.2 Å². The maximum absolute atomic E-state index is 5.92. The second kappa shape index (κ2) is 5.46. The predicted octanol–water partition coefficient (Wildman–Crippen LogP) is 2.04. The summed E-state index contributed by atoms with van der Waals surface area (Å²) in [5, 5.41) is 3.48. The Hall–Kier alpha value is -0.860. The molecule has 1 fully saturated rings. The van der Waals surface area contributed by atoms with Gasteiger partial charge in [-0.05, 0) is 62.4 Å². The summed E-state index contributed by atoms with van der Waals surface area (Å²) in [6, 6.07) is 8.74. The van der Waals surface area contributed by atoms with E-state index in [-0.39, 0.29) is 0 Å². The van der Waals surface area contributed by atoms with Crippen molar-refractivity contribution >= 4 is 0 Å². The fraction of sp³-hybridized carbons (Fsp3) is 0.571. The zero-order chi connectivity index (χ0) is 11.4. The van der Waals surface area contributed by atoms with E-state index >= 15 is 0 Å². The molecule has 0 aromatic heterocycles. The van der Waals surface area contributed by atoms with Gasteiger partial charge in [0.1, 0.15) is 0 Å². The van der Waals surface area contributed by atoms with Crippen molar-refractivity contribution in [2.75, 3.05) is 19.6 Å². The largest absolute Gasteiger partial charge is 0.330 e. The summed E-state index contributed by atoms with van der Waals surface area (Å²) in [6.07, 6.45) is 2.42. The molecule has 0 bridgehead atoms. The van der Waals surface area contributed by atoms with Gasteiger partial charge in [-0.1, -0.05) is 24.3 Å². The van der Waals surface area contributed by atoms with Gasteiger partial charge in [-0.2, -0.15) is 0 Å². The minimum absolute atomic E-state index is 0.635. The van der Waals surface area contributed by atoms with Gasteiger partial charge in [0, 0.05) is 0 Å². The van der Waals surface area contributed by atoms with Crippen molar-refractivity contribution in [3.05, 3.63) is 35.4 Å². The lowest BCUT2D eigenvalue weighted by Crippen LogP contribution is -2.22. The quantitative estimate of drug-likeness (QED) is 0.797. The summed E-state index contributed by atoms with van der Waals surface area (Å²) in [4.78, 5) is 0. The van der Waals surface area contributed by atoms with Crippen LogP contribution < -0.4 is 11.1 Å². The SMILES string of the molecule is Cc1ccccc1C1CCNCCC1CN. The van der Waals surface area contributed by atoms with Crippen molar-refractivity contribution in [2.45, 2.75) is 25.7 Å². The van der Waals surface area contributed by atoms with Gasteiger partial charge in [-0.25, -0.2) is 0 Å². The van der Waals surface area contributed by atoms with Crippen molar-refractivity contribution in [2.24, 2.45) is 11.7 Å². The number of benzene rings is 1. The van der Waals surface area contributed by atoms with Crippen LogP contribution in [0.2, 0.25) is 0 Å². The first-order chi connectivity index (χ1) is 7.83. The Morgan fingerprint density at radius 3 is 2.75 bits per heavy atom. The lowest BCUT2D eigenvalue weighted by Gasteiger charge is -2.25. The highest BCUT2D eigenvalue weighted by atomic mass is 14.9. The second-order valence-electron chi connectivity index (χ2n) is 4.79. The molecule has 88 valence electrons. The number of rotatable bonds is 2. The molecule has 16 heavy (non-hydrogen) atoms. The molecule has 2 unspecified atom stereocenters. The number of nitrogens with one attached hydrogen (secondary N) is 1. The average molecular weight is 218 g/mol. The van der Waals surface area contributed by atoms with E-state index in [0.717, 1.165) is 19.6 Å². The summed E-state index contributed by atoms with van der Waals surface area (Å²) in [5.41, 5.74) is 8.83. The van der Waals surface area contributed by atoms with Crippen LogP contribution in [-0.4, -0.2) is 19.6 Å². The number of nitrogens with two attached hydrogens (primary N) is 1. The molecular formula is C14H22N2. The van der Waals surface area contributed by atoms with Crippen LogP contribution in [0.15, 0.2) is 24.3 Å². The molecule has 0 aliphatic carbocycles. The first kappa shape index (κ1) is 11.6. The first-order valence-electron chi connectivity index (χ1n) is 6.29. The summed E-state index contributed by atoms with van der Waals surface area (Å²) >= 11 is 0. The van der Waals surface area contributed by atoms with Gasteiger partial charge >= 0.3 is 0 Å². The molecule has 1 aromatic carbocycles. The van der Waals surface area contributed by atoms with Crippen molar-refractivity contribution < 1.29 is 0 Å². The van der Waals surface area contributed by atoms with Crippen LogP contribution in [-0.2, 0) is 0 Å². The molecule has 3 N–H and O–H groups in total. The fourth-order valence-corrected chi connectivity index (χ4v) is 2.80. The van der Waals surface area contributed by atoms with Crippen molar-refractivity contribution in [1.82, 2.24) is 5.32 Å². The smallest absolute Gasteiger partial charge is 0.00425 e. The highest BCUT2D eigenvalue weighted by Gasteiger charge is 2.24. The van der Waals surface area contributed by atoms with Gasteiger partial charge in [0.05, 0.1) is 0 Å². The Morgan fingerprint density at radius 1 is 1.25 bits per heavy atom. The van der Waals surface area contributed by atoms with Gasteiger partial charge in [0.25, 0.3) is 0 Å². The Balaban J connectivity index is 2.25. The first-order valence-corrected chi connectivity index (χ1v) is 6.29. The summed E-state index contributed by atoms with van der Waals surface area (Å²) < 4.78 is 0. The normalized spacial score (nSPS) is 26.4. The van der Waals surface area contributed by atoms with Gasteiger partial charge in [-0.15, -0.1) is 0 Å². The van der Waals surface area contributed by atoms with Crippen molar-refractivity contribution in [3.63, 3.8) is 0 Å². The minimum atomic E-state index is 0.635. The molecule has 1 aliphatic heterocycles. The number of hydrogen-bond donors (Lipinski definition) is 2. The highest BCUT2D eigenvalue weighted by molar-refractivity contribution is 5.30. The topological polar surface area (TPSA) is 38.0 Å². The molecule has 1 aliphatic rings. The number of aryl methyl sites for hydroxylation is 1. The molecule has 1 heterocycles. The molecule has 0 radical (unpaired) electrons. The highest BCUT2D eigenvalue weighted by Crippen LogP contribution is 2.32. The lowest BCUT2D eigenvalue weighted by atomic mass is 9.81. The molecule has 2 heteroatoms. The zero-order valence-electron chi connectivity index (χ0n) is 10.1. The Bertz CT molecular complexity index is 335. The van der Waals surface area contributed by atoms with E-state index in [1.165, 1.54) is 24.0 Å². The van der Waals surface area contributed by atoms with Crippen molar-refractivity contribution in [3.8, 4) is 0 Å². The molecule has 0 amide bonds. The third-order valence-electron chi connectivity index (χ3n) is 3.78. The van der Waals surface area contributed by atoms with Gasteiger partial charge in [-0.3, -0.25) is 0 Å².